The molecule has 0 aromatic rings. The van der Waals surface area contributed by atoms with Crippen molar-refractivity contribution in [2.45, 2.75) is 39.8 Å². The van der Waals surface area contributed by atoms with Gasteiger partial charge in [0.25, 0.3) is 0 Å². The molecule has 0 saturated heterocycles. The van der Waals surface area contributed by atoms with E-state index in [2.05, 4.69) is 13.8 Å². The van der Waals surface area contributed by atoms with Crippen molar-refractivity contribution in [3.05, 3.63) is 0 Å². The van der Waals surface area contributed by atoms with Crippen molar-refractivity contribution in [3.8, 4) is 0 Å². The second kappa shape index (κ2) is 10.0. The number of nitrogens with two attached hydrogens (primary N) is 1. The lowest BCUT2D eigenvalue weighted by Crippen LogP contribution is -2.27. The summed E-state index contributed by atoms with van der Waals surface area (Å²) in [5.74, 6) is 0.577. The first-order valence-electron chi connectivity index (χ1n) is 6.05. The van der Waals surface area contributed by atoms with Gasteiger partial charge in [-0.05, 0) is 19.8 Å². The number of ether oxygens (including phenoxy) is 3. The topological polar surface area (TPSA) is 53.7 Å². The van der Waals surface area contributed by atoms with E-state index in [4.69, 9.17) is 19.9 Å². The summed E-state index contributed by atoms with van der Waals surface area (Å²) >= 11 is 0. The third-order valence-corrected chi connectivity index (χ3v) is 1.82. The molecular formula is C12H27NO3. The van der Waals surface area contributed by atoms with Crippen LogP contribution in [-0.2, 0) is 14.2 Å². The fourth-order valence-electron chi connectivity index (χ4n) is 1.05. The van der Waals surface area contributed by atoms with Crippen molar-refractivity contribution < 1.29 is 14.2 Å². The van der Waals surface area contributed by atoms with Crippen LogP contribution in [0, 0.1) is 5.92 Å². The average molecular weight is 233 g/mol. The molecule has 0 fully saturated rings. The predicted molar refractivity (Wildman–Crippen MR) is 65.5 cm³/mol. The minimum atomic E-state index is 0.0804. The summed E-state index contributed by atoms with van der Waals surface area (Å²) in [7, 11) is 0. The molecule has 0 heterocycles. The molecule has 0 saturated carbocycles. The highest BCUT2D eigenvalue weighted by molar-refractivity contribution is 4.53. The normalized spacial score (nSPS) is 15.4. The van der Waals surface area contributed by atoms with E-state index in [0.29, 0.717) is 32.3 Å². The molecule has 2 N–H and O–H groups in total. The second-order valence-electron chi connectivity index (χ2n) is 4.66. The first-order valence-corrected chi connectivity index (χ1v) is 6.05. The molecule has 0 rings (SSSR count). The van der Waals surface area contributed by atoms with Crippen LogP contribution in [0.1, 0.15) is 27.7 Å². The van der Waals surface area contributed by atoms with Gasteiger partial charge in [-0.25, -0.2) is 0 Å². The standard InChI is InChI=1S/C12H27NO3/c1-10(2)7-14-5-6-15-9-12(4)16-8-11(3)13/h10-12H,5-9,13H2,1-4H3. The number of hydrogen-bond donors (Lipinski definition) is 1. The van der Waals surface area contributed by atoms with E-state index in [9.17, 15) is 0 Å². The van der Waals surface area contributed by atoms with Crippen LogP contribution in [0.4, 0.5) is 0 Å². The smallest absolute Gasteiger partial charge is 0.0781 e. The van der Waals surface area contributed by atoms with E-state index in [0.717, 1.165) is 6.61 Å². The highest BCUT2D eigenvalue weighted by atomic mass is 16.5. The van der Waals surface area contributed by atoms with Crippen LogP contribution >= 0.6 is 0 Å². The van der Waals surface area contributed by atoms with Gasteiger partial charge in [-0.15, -0.1) is 0 Å². The molecule has 4 nitrogen and oxygen atoms in total. The Morgan fingerprint density at radius 2 is 1.44 bits per heavy atom. The van der Waals surface area contributed by atoms with Gasteiger partial charge >= 0.3 is 0 Å². The van der Waals surface area contributed by atoms with Gasteiger partial charge < -0.3 is 19.9 Å². The van der Waals surface area contributed by atoms with Crippen LogP contribution in [0.5, 0.6) is 0 Å². The Balaban J connectivity index is 3.18. The quantitative estimate of drug-likeness (QED) is 0.580. The summed E-state index contributed by atoms with van der Waals surface area (Å²) in [6.07, 6.45) is 0.0936. The maximum Gasteiger partial charge on any atom is 0.0781 e. The minimum Gasteiger partial charge on any atom is -0.379 e. The van der Waals surface area contributed by atoms with Crippen LogP contribution in [-0.4, -0.2) is 45.2 Å². The molecule has 0 spiro atoms. The first-order chi connectivity index (χ1) is 7.52. The van der Waals surface area contributed by atoms with Crippen LogP contribution in [0.3, 0.4) is 0 Å². The molecule has 0 bridgehead atoms. The summed E-state index contributed by atoms with van der Waals surface area (Å²) in [5, 5.41) is 0. The molecule has 2 atom stereocenters. The Morgan fingerprint density at radius 1 is 0.875 bits per heavy atom. The minimum absolute atomic E-state index is 0.0804. The monoisotopic (exact) mass is 233 g/mol. The zero-order valence-electron chi connectivity index (χ0n) is 11.1. The lowest BCUT2D eigenvalue weighted by molar-refractivity contribution is -0.0278. The molecular weight excluding hydrogens is 206 g/mol. The summed E-state index contributed by atoms with van der Waals surface area (Å²) < 4.78 is 16.3. The zero-order chi connectivity index (χ0) is 12.4. The fourth-order valence-corrected chi connectivity index (χ4v) is 1.05. The lowest BCUT2D eigenvalue weighted by Gasteiger charge is -2.15. The van der Waals surface area contributed by atoms with Gasteiger partial charge in [-0.3, -0.25) is 0 Å². The highest BCUT2D eigenvalue weighted by Gasteiger charge is 2.03. The Labute approximate surface area is 99.4 Å². The van der Waals surface area contributed by atoms with Crippen molar-refractivity contribution in [3.63, 3.8) is 0 Å². The van der Waals surface area contributed by atoms with Gasteiger partial charge in [-0.1, -0.05) is 13.8 Å². The Kier molecular flexibility index (Phi) is 9.92. The van der Waals surface area contributed by atoms with E-state index in [1.807, 2.05) is 13.8 Å². The fraction of sp³-hybridized carbons (Fsp3) is 1.00. The third-order valence-electron chi connectivity index (χ3n) is 1.82. The van der Waals surface area contributed by atoms with E-state index < -0.39 is 0 Å². The lowest BCUT2D eigenvalue weighted by atomic mass is 10.2. The van der Waals surface area contributed by atoms with Gasteiger partial charge in [0, 0.05) is 12.6 Å². The van der Waals surface area contributed by atoms with Crippen LogP contribution in [0.2, 0.25) is 0 Å². The van der Waals surface area contributed by atoms with Gasteiger partial charge in [0.1, 0.15) is 0 Å². The predicted octanol–water partition coefficient (Wildman–Crippen LogP) is 1.43. The van der Waals surface area contributed by atoms with Crippen molar-refractivity contribution in [1.29, 1.82) is 0 Å². The maximum absolute atomic E-state index is 5.58. The van der Waals surface area contributed by atoms with Crippen molar-refractivity contribution in [2.24, 2.45) is 11.7 Å². The molecule has 16 heavy (non-hydrogen) atoms. The number of hydrogen-bond acceptors (Lipinski definition) is 4. The first kappa shape index (κ1) is 15.8. The molecule has 4 heteroatoms. The highest BCUT2D eigenvalue weighted by Crippen LogP contribution is 1.95. The van der Waals surface area contributed by atoms with Crippen molar-refractivity contribution >= 4 is 0 Å². The van der Waals surface area contributed by atoms with Crippen LogP contribution in [0.25, 0.3) is 0 Å². The van der Waals surface area contributed by atoms with Crippen molar-refractivity contribution in [1.82, 2.24) is 0 Å². The molecule has 0 aliphatic heterocycles. The van der Waals surface area contributed by atoms with Gasteiger partial charge in [0.15, 0.2) is 0 Å². The summed E-state index contributed by atoms with van der Waals surface area (Å²) in [6, 6.07) is 0.0804. The molecule has 0 aromatic heterocycles. The Hall–Kier alpha value is -0.160. The van der Waals surface area contributed by atoms with E-state index >= 15 is 0 Å². The summed E-state index contributed by atoms with van der Waals surface area (Å²) in [4.78, 5) is 0. The molecule has 0 aliphatic carbocycles. The van der Waals surface area contributed by atoms with E-state index in [1.54, 1.807) is 0 Å². The Bertz CT molecular complexity index is 151. The molecule has 2 unspecified atom stereocenters. The summed E-state index contributed by atoms with van der Waals surface area (Å²) in [5.41, 5.74) is 5.58. The van der Waals surface area contributed by atoms with Gasteiger partial charge in [-0.2, -0.15) is 0 Å². The molecule has 0 aromatic carbocycles. The summed E-state index contributed by atoms with van der Waals surface area (Å²) in [6.45, 7) is 11.4. The molecule has 0 amide bonds. The largest absolute Gasteiger partial charge is 0.379 e. The van der Waals surface area contributed by atoms with E-state index in [-0.39, 0.29) is 12.1 Å². The van der Waals surface area contributed by atoms with Crippen LogP contribution in [0.15, 0.2) is 0 Å². The third kappa shape index (κ3) is 11.9. The van der Waals surface area contributed by atoms with Crippen LogP contribution < -0.4 is 5.73 Å². The number of rotatable bonds is 10. The average Bonchev–Trinajstić information content (AvgIpc) is 2.19. The van der Waals surface area contributed by atoms with Gasteiger partial charge in [0.05, 0.1) is 32.5 Å². The van der Waals surface area contributed by atoms with Gasteiger partial charge in [0.2, 0.25) is 0 Å². The zero-order valence-corrected chi connectivity index (χ0v) is 11.1. The maximum atomic E-state index is 5.58. The van der Waals surface area contributed by atoms with E-state index in [1.165, 1.54) is 0 Å². The van der Waals surface area contributed by atoms with Crippen molar-refractivity contribution in [2.75, 3.05) is 33.0 Å². The Morgan fingerprint density at radius 3 is 1.94 bits per heavy atom. The second-order valence-corrected chi connectivity index (χ2v) is 4.66. The molecule has 98 valence electrons. The SMILES string of the molecule is CC(C)COCCOCC(C)OCC(C)N. The molecule has 0 radical (unpaired) electrons. The molecule has 0 aliphatic rings.